The summed E-state index contributed by atoms with van der Waals surface area (Å²) >= 11 is 0. The maximum atomic E-state index is 12.1. The molecule has 0 fully saturated rings. The summed E-state index contributed by atoms with van der Waals surface area (Å²) in [5.41, 5.74) is 0.488. The third kappa shape index (κ3) is 2.89. The largest absolute Gasteiger partial charge is 0.494 e. The normalized spacial score (nSPS) is 9.85. The van der Waals surface area contributed by atoms with Crippen LogP contribution >= 0.6 is 0 Å². The van der Waals surface area contributed by atoms with E-state index in [1.54, 1.807) is 0 Å². The van der Waals surface area contributed by atoms with Gasteiger partial charge in [-0.1, -0.05) is 0 Å². The third-order valence-corrected chi connectivity index (χ3v) is 2.49. The van der Waals surface area contributed by atoms with Crippen LogP contribution in [0.4, 0.5) is 5.69 Å². The number of aromatic carboxylic acids is 1. The van der Waals surface area contributed by atoms with E-state index in [2.05, 4.69) is 15.3 Å². The number of pyridine rings is 2. The highest BCUT2D eigenvalue weighted by Crippen LogP contribution is 2.18. The molecule has 0 aliphatic heterocycles. The predicted octanol–water partition coefficient (Wildman–Crippen LogP) is 1.44. The van der Waals surface area contributed by atoms with Crippen molar-refractivity contribution in [2.24, 2.45) is 0 Å². The van der Waals surface area contributed by atoms with Crippen LogP contribution in [-0.4, -0.2) is 34.1 Å². The number of carbonyl (C=O) groups is 2. The standard InChI is InChI=1S/C13H11N3O4/c1-20-11-7-14-4-3-9(11)12(17)16-8-2-5-15-10(6-8)13(18)19/h2-7H,1H3,(H,18,19)(H,15,16,17). The van der Waals surface area contributed by atoms with Crippen molar-refractivity contribution in [3.8, 4) is 5.75 Å². The van der Waals surface area contributed by atoms with Gasteiger partial charge in [0.1, 0.15) is 11.4 Å². The molecule has 102 valence electrons. The second-order valence-corrected chi connectivity index (χ2v) is 3.76. The Morgan fingerprint density at radius 3 is 2.80 bits per heavy atom. The molecular weight excluding hydrogens is 262 g/mol. The Hall–Kier alpha value is -2.96. The Kier molecular flexibility index (Phi) is 3.90. The number of carboxylic acid groups (broad SMARTS) is 1. The van der Waals surface area contributed by atoms with Crippen molar-refractivity contribution in [2.75, 3.05) is 12.4 Å². The van der Waals surface area contributed by atoms with E-state index in [4.69, 9.17) is 9.84 Å². The topological polar surface area (TPSA) is 101 Å². The highest BCUT2D eigenvalue weighted by molar-refractivity contribution is 6.06. The van der Waals surface area contributed by atoms with Gasteiger partial charge in [-0.3, -0.25) is 9.78 Å². The van der Waals surface area contributed by atoms with Crippen molar-refractivity contribution < 1.29 is 19.4 Å². The van der Waals surface area contributed by atoms with Crippen LogP contribution in [-0.2, 0) is 0 Å². The van der Waals surface area contributed by atoms with Crippen molar-refractivity contribution in [3.63, 3.8) is 0 Å². The lowest BCUT2D eigenvalue weighted by atomic mass is 10.2. The fourth-order valence-electron chi connectivity index (χ4n) is 1.55. The minimum absolute atomic E-state index is 0.149. The van der Waals surface area contributed by atoms with Gasteiger partial charge in [0.15, 0.2) is 0 Å². The molecule has 2 aromatic rings. The lowest BCUT2D eigenvalue weighted by molar-refractivity contribution is 0.0690. The Morgan fingerprint density at radius 1 is 1.30 bits per heavy atom. The first-order chi connectivity index (χ1) is 9.61. The Labute approximate surface area is 114 Å². The number of ether oxygens (including phenoxy) is 1. The number of nitrogens with one attached hydrogen (secondary N) is 1. The summed E-state index contributed by atoms with van der Waals surface area (Å²) in [5.74, 6) is -1.26. The van der Waals surface area contributed by atoms with E-state index in [9.17, 15) is 9.59 Å². The van der Waals surface area contributed by atoms with E-state index in [1.807, 2.05) is 0 Å². The lowest BCUT2D eigenvalue weighted by Crippen LogP contribution is -2.14. The number of anilines is 1. The quantitative estimate of drug-likeness (QED) is 0.873. The van der Waals surface area contributed by atoms with Gasteiger partial charge in [0.2, 0.25) is 0 Å². The summed E-state index contributed by atoms with van der Waals surface area (Å²) in [5, 5.41) is 11.4. The lowest BCUT2D eigenvalue weighted by Gasteiger charge is -2.08. The van der Waals surface area contributed by atoms with Crippen LogP contribution in [0.2, 0.25) is 0 Å². The van der Waals surface area contributed by atoms with Gasteiger partial charge >= 0.3 is 5.97 Å². The number of carboxylic acids is 1. The van der Waals surface area contributed by atoms with Gasteiger partial charge in [-0.2, -0.15) is 0 Å². The number of hydrogen-bond acceptors (Lipinski definition) is 5. The SMILES string of the molecule is COc1cnccc1C(=O)Nc1ccnc(C(=O)O)c1. The van der Waals surface area contributed by atoms with Crippen molar-refractivity contribution in [1.82, 2.24) is 9.97 Å². The van der Waals surface area contributed by atoms with E-state index in [-0.39, 0.29) is 5.69 Å². The summed E-state index contributed by atoms with van der Waals surface area (Å²) < 4.78 is 5.04. The Balaban J connectivity index is 2.23. The minimum atomic E-state index is -1.16. The second-order valence-electron chi connectivity index (χ2n) is 3.76. The zero-order chi connectivity index (χ0) is 14.5. The number of hydrogen-bond donors (Lipinski definition) is 2. The van der Waals surface area contributed by atoms with Gasteiger partial charge in [-0.05, 0) is 18.2 Å². The second kappa shape index (κ2) is 5.79. The van der Waals surface area contributed by atoms with Crippen LogP contribution in [0.5, 0.6) is 5.75 Å². The first-order valence-corrected chi connectivity index (χ1v) is 5.60. The number of methoxy groups -OCH3 is 1. The van der Waals surface area contributed by atoms with Gasteiger partial charge < -0.3 is 15.2 Å². The maximum Gasteiger partial charge on any atom is 0.354 e. The smallest absolute Gasteiger partial charge is 0.354 e. The molecule has 1 amide bonds. The van der Waals surface area contributed by atoms with Crippen molar-refractivity contribution in [1.29, 1.82) is 0 Å². The van der Waals surface area contributed by atoms with Gasteiger partial charge in [-0.15, -0.1) is 0 Å². The average Bonchev–Trinajstić information content (AvgIpc) is 2.47. The zero-order valence-corrected chi connectivity index (χ0v) is 10.5. The van der Waals surface area contributed by atoms with Crippen LogP contribution in [0.3, 0.4) is 0 Å². The fraction of sp³-hybridized carbons (Fsp3) is 0.0769. The number of amides is 1. The van der Waals surface area contributed by atoms with Crippen LogP contribution < -0.4 is 10.1 Å². The zero-order valence-electron chi connectivity index (χ0n) is 10.5. The average molecular weight is 273 g/mol. The highest BCUT2D eigenvalue weighted by Gasteiger charge is 2.13. The summed E-state index contributed by atoms with van der Waals surface area (Å²) in [7, 11) is 1.43. The monoisotopic (exact) mass is 273 g/mol. The van der Waals surface area contributed by atoms with Crippen molar-refractivity contribution in [2.45, 2.75) is 0 Å². The molecule has 0 aliphatic carbocycles. The minimum Gasteiger partial charge on any atom is -0.494 e. The van der Waals surface area contributed by atoms with E-state index in [0.717, 1.165) is 0 Å². The molecule has 2 rings (SSSR count). The molecule has 0 saturated carbocycles. The molecule has 2 heterocycles. The van der Waals surface area contributed by atoms with Gasteiger partial charge in [0.05, 0.1) is 18.9 Å². The van der Waals surface area contributed by atoms with Gasteiger partial charge in [0.25, 0.3) is 5.91 Å². The van der Waals surface area contributed by atoms with Crippen molar-refractivity contribution in [3.05, 3.63) is 48.0 Å². The summed E-state index contributed by atoms with van der Waals surface area (Å²) in [6.45, 7) is 0. The van der Waals surface area contributed by atoms with Gasteiger partial charge in [0, 0.05) is 18.1 Å². The van der Waals surface area contributed by atoms with Crippen LogP contribution in [0.15, 0.2) is 36.8 Å². The van der Waals surface area contributed by atoms with Crippen LogP contribution in [0.25, 0.3) is 0 Å². The fourth-order valence-corrected chi connectivity index (χ4v) is 1.55. The molecule has 0 radical (unpaired) electrons. The van der Waals surface area contributed by atoms with E-state index in [1.165, 1.54) is 43.9 Å². The molecule has 0 saturated heterocycles. The third-order valence-electron chi connectivity index (χ3n) is 2.49. The molecule has 0 unspecified atom stereocenters. The number of nitrogens with zero attached hydrogens (tertiary/aromatic N) is 2. The molecule has 20 heavy (non-hydrogen) atoms. The number of carbonyl (C=O) groups excluding carboxylic acids is 1. The summed E-state index contributed by atoms with van der Waals surface area (Å²) in [4.78, 5) is 30.4. The molecule has 7 nitrogen and oxygen atoms in total. The molecule has 0 aromatic carbocycles. The molecule has 0 aliphatic rings. The molecule has 7 heteroatoms. The first kappa shape index (κ1) is 13.5. The van der Waals surface area contributed by atoms with E-state index < -0.39 is 11.9 Å². The van der Waals surface area contributed by atoms with Crippen LogP contribution in [0, 0.1) is 0 Å². The number of rotatable bonds is 4. The molecular formula is C13H11N3O4. The van der Waals surface area contributed by atoms with Gasteiger partial charge in [-0.25, -0.2) is 9.78 Å². The molecule has 2 aromatic heterocycles. The van der Waals surface area contributed by atoms with Crippen molar-refractivity contribution >= 4 is 17.6 Å². The number of aromatic nitrogens is 2. The molecule has 0 atom stereocenters. The van der Waals surface area contributed by atoms with E-state index >= 15 is 0 Å². The molecule has 0 spiro atoms. The Morgan fingerprint density at radius 2 is 2.10 bits per heavy atom. The molecule has 0 bridgehead atoms. The maximum absolute atomic E-state index is 12.1. The highest BCUT2D eigenvalue weighted by atomic mass is 16.5. The predicted molar refractivity (Wildman–Crippen MR) is 69.9 cm³/mol. The van der Waals surface area contributed by atoms with Crippen LogP contribution in [0.1, 0.15) is 20.8 Å². The summed E-state index contributed by atoms with van der Waals surface area (Å²) in [6, 6.07) is 4.28. The summed E-state index contributed by atoms with van der Waals surface area (Å²) in [6.07, 6.45) is 4.19. The van der Waals surface area contributed by atoms with E-state index in [0.29, 0.717) is 17.0 Å². The molecule has 2 N–H and O–H groups in total. The first-order valence-electron chi connectivity index (χ1n) is 5.60. The Bertz CT molecular complexity index is 658.